The van der Waals surface area contributed by atoms with Crippen LogP contribution < -0.4 is 15.2 Å². The summed E-state index contributed by atoms with van der Waals surface area (Å²) in [6, 6.07) is 3.13. The quantitative estimate of drug-likeness (QED) is 0.800. The van der Waals surface area contributed by atoms with Crippen LogP contribution in [0.25, 0.3) is 0 Å². The van der Waals surface area contributed by atoms with Crippen LogP contribution in [0.3, 0.4) is 0 Å². The lowest BCUT2D eigenvalue weighted by Gasteiger charge is -2.18. The molecule has 0 unspecified atom stereocenters. The van der Waals surface area contributed by atoms with Crippen molar-refractivity contribution >= 4 is 15.9 Å². The van der Waals surface area contributed by atoms with Crippen molar-refractivity contribution in [1.82, 2.24) is 5.32 Å². The molecule has 0 heterocycles. The number of hydrogen-bond donors (Lipinski definition) is 2. The Labute approximate surface area is 132 Å². The molecule has 1 aromatic carbocycles. The van der Waals surface area contributed by atoms with Crippen molar-refractivity contribution in [2.24, 2.45) is 10.6 Å². The van der Waals surface area contributed by atoms with Crippen LogP contribution in [0.1, 0.15) is 31.9 Å². The number of rotatable bonds is 5. The first kappa shape index (κ1) is 18.4. The van der Waals surface area contributed by atoms with E-state index in [4.69, 9.17) is 9.88 Å². The number of benzene rings is 1. The van der Waals surface area contributed by atoms with Crippen LogP contribution in [0.2, 0.25) is 0 Å². The van der Waals surface area contributed by atoms with Crippen molar-refractivity contribution in [3.63, 3.8) is 0 Å². The summed E-state index contributed by atoms with van der Waals surface area (Å²) < 4.78 is 28.5. The number of nitrogens with one attached hydrogen (secondary N) is 1. The highest BCUT2D eigenvalue weighted by atomic mass is 32.2. The molecule has 0 fully saturated rings. The van der Waals surface area contributed by atoms with Crippen LogP contribution in [0, 0.1) is 19.3 Å². The van der Waals surface area contributed by atoms with E-state index in [0.717, 1.165) is 0 Å². The first-order valence-electron chi connectivity index (χ1n) is 6.98. The van der Waals surface area contributed by atoms with Gasteiger partial charge in [-0.2, -0.15) is 0 Å². The Hall–Kier alpha value is -1.60. The van der Waals surface area contributed by atoms with Crippen molar-refractivity contribution in [3.05, 3.63) is 23.3 Å². The van der Waals surface area contributed by atoms with Gasteiger partial charge in [-0.05, 0) is 37.1 Å². The molecule has 1 aromatic rings. The molecule has 0 aliphatic heterocycles. The van der Waals surface area contributed by atoms with Gasteiger partial charge < -0.3 is 10.1 Å². The van der Waals surface area contributed by atoms with Gasteiger partial charge in [0, 0.05) is 5.41 Å². The van der Waals surface area contributed by atoms with Crippen LogP contribution >= 0.6 is 0 Å². The zero-order valence-corrected chi connectivity index (χ0v) is 14.5. The molecule has 0 aliphatic carbocycles. The fourth-order valence-corrected chi connectivity index (χ4v) is 2.66. The van der Waals surface area contributed by atoms with Crippen LogP contribution in [0.5, 0.6) is 5.75 Å². The fraction of sp³-hybridized carbons (Fsp3) is 0.533. The maximum Gasteiger partial charge on any atom is 0.238 e. The molecular weight excluding hydrogens is 304 g/mol. The van der Waals surface area contributed by atoms with Gasteiger partial charge in [0.05, 0.1) is 11.4 Å². The van der Waals surface area contributed by atoms with E-state index < -0.39 is 15.4 Å². The van der Waals surface area contributed by atoms with Gasteiger partial charge in [-0.25, -0.2) is 13.6 Å². The minimum Gasteiger partial charge on any atom is -0.491 e. The van der Waals surface area contributed by atoms with Crippen LogP contribution in [0.4, 0.5) is 0 Å². The number of sulfonamides is 1. The number of primary sulfonamides is 1. The summed E-state index contributed by atoms with van der Waals surface area (Å²) in [7, 11) is -3.74. The smallest absolute Gasteiger partial charge is 0.238 e. The molecular formula is C15H24N2O4S. The summed E-state index contributed by atoms with van der Waals surface area (Å²) in [5.41, 5.74) is 0.766. The minimum absolute atomic E-state index is 0.0476. The third-order valence-corrected chi connectivity index (χ3v) is 4.16. The van der Waals surface area contributed by atoms with Gasteiger partial charge in [0.1, 0.15) is 12.4 Å². The third-order valence-electron chi connectivity index (χ3n) is 3.11. The van der Waals surface area contributed by atoms with Crippen LogP contribution in [-0.4, -0.2) is 27.5 Å². The van der Waals surface area contributed by atoms with Gasteiger partial charge >= 0.3 is 0 Å². The summed E-state index contributed by atoms with van der Waals surface area (Å²) in [6.45, 7) is 9.60. The Morgan fingerprint density at radius 3 is 2.32 bits per heavy atom. The molecule has 0 aromatic heterocycles. The second-order valence-corrected chi connectivity index (χ2v) is 7.81. The summed E-state index contributed by atoms with van der Waals surface area (Å²) in [6.07, 6.45) is 0. The molecule has 7 heteroatoms. The molecule has 0 spiro atoms. The van der Waals surface area contributed by atoms with Gasteiger partial charge in [-0.15, -0.1) is 0 Å². The summed E-state index contributed by atoms with van der Waals surface area (Å²) in [4.78, 5) is 11.8. The Bertz CT molecular complexity index is 661. The van der Waals surface area contributed by atoms with Gasteiger partial charge in [0.15, 0.2) is 0 Å². The molecule has 6 nitrogen and oxygen atoms in total. The zero-order chi connectivity index (χ0) is 17.1. The van der Waals surface area contributed by atoms with Gasteiger partial charge in [0.2, 0.25) is 15.9 Å². The third kappa shape index (κ3) is 4.99. The molecule has 1 rings (SSSR count). The van der Waals surface area contributed by atoms with E-state index in [1.165, 1.54) is 6.07 Å². The zero-order valence-electron chi connectivity index (χ0n) is 13.7. The van der Waals surface area contributed by atoms with Crippen LogP contribution in [0.15, 0.2) is 17.0 Å². The molecule has 0 saturated heterocycles. The monoisotopic (exact) mass is 328 g/mol. The van der Waals surface area contributed by atoms with Crippen molar-refractivity contribution in [2.75, 3.05) is 13.2 Å². The maximum atomic E-state index is 11.7. The number of ether oxygens (including phenoxy) is 1. The summed E-state index contributed by atoms with van der Waals surface area (Å²) in [5, 5.41) is 7.94. The van der Waals surface area contributed by atoms with Crippen molar-refractivity contribution < 1.29 is 17.9 Å². The van der Waals surface area contributed by atoms with Gasteiger partial charge in [-0.1, -0.05) is 20.8 Å². The van der Waals surface area contributed by atoms with E-state index in [9.17, 15) is 13.2 Å². The average molecular weight is 328 g/mol. The molecule has 1 amide bonds. The second-order valence-electron chi connectivity index (χ2n) is 6.28. The van der Waals surface area contributed by atoms with Gasteiger partial charge in [0.25, 0.3) is 0 Å². The highest BCUT2D eigenvalue weighted by Crippen LogP contribution is 2.25. The number of hydrogen-bond acceptors (Lipinski definition) is 4. The molecule has 0 aliphatic rings. The highest BCUT2D eigenvalue weighted by Gasteiger charge is 2.20. The Morgan fingerprint density at radius 2 is 1.82 bits per heavy atom. The topological polar surface area (TPSA) is 98.5 Å². The largest absolute Gasteiger partial charge is 0.491 e. The number of amides is 1. The van der Waals surface area contributed by atoms with E-state index in [2.05, 4.69) is 5.32 Å². The minimum atomic E-state index is -3.74. The van der Waals surface area contributed by atoms with E-state index in [-0.39, 0.29) is 10.8 Å². The molecule has 22 heavy (non-hydrogen) atoms. The highest BCUT2D eigenvalue weighted by molar-refractivity contribution is 7.89. The summed E-state index contributed by atoms with van der Waals surface area (Å²) in [5.74, 6) is 0.531. The first-order valence-corrected chi connectivity index (χ1v) is 8.52. The second kappa shape index (κ2) is 6.66. The first-order chi connectivity index (χ1) is 9.93. The van der Waals surface area contributed by atoms with Crippen LogP contribution in [-0.2, 0) is 14.8 Å². The number of aryl methyl sites for hydroxylation is 2. The standard InChI is InChI=1S/C15H24N2O4S/c1-10-9-13(22(16,19)20)11(2)8-12(10)21-7-6-17-14(18)15(3,4)5/h8-9H,6-7H2,1-5H3,(H,17,18)(H2,16,19,20). The maximum absolute atomic E-state index is 11.7. The Morgan fingerprint density at radius 1 is 1.23 bits per heavy atom. The average Bonchev–Trinajstić information content (AvgIpc) is 2.35. The Balaban J connectivity index is 2.69. The number of nitrogens with two attached hydrogens (primary N) is 1. The van der Waals surface area contributed by atoms with E-state index in [1.807, 2.05) is 20.8 Å². The van der Waals surface area contributed by atoms with E-state index in [0.29, 0.717) is 30.0 Å². The predicted octanol–water partition coefficient (Wildman–Crippen LogP) is 1.49. The molecule has 0 atom stereocenters. The van der Waals surface area contributed by atoms with E-state index in [1.54, 1.807) is 19.9 Å². The van der Waals surface area contributed by atoms with Crippen molar-refractivity contribution in [1.29, 1.82) is 0 Å². The van der Waals surface area contributed by atoms with Gasteiger partial charge in [-0.3, -0.25) is 4.79 Å². The normalized spacial score (nSPS) is 12.1. The molecule has 3 N–H and O–H groups in total. The molecule has 0 saturated carbocycles. The lowest BCUT2D eigenvalue weighted by atomic mass is 9.96. The van der Waals surface area contributed by atoms with Crippen molar-refractivity contribution in [3.8, 4) is 5.75 Å². The van der Waals surface area contributed by atoms with E-state index >= 15 is 0 Å². The number of carbonyl (C=O) groups is 1. The lowest BCUT2D eigenvalue weighted by molar-refractivity contribution is -0.128. The number of carbonyl (C=O) groups excluding carboxylic acids is 1. The Kier molecular flexibility index (Phi) is 5.59. The molecule has 124 valence electrons. The lowest BCUT2D eigenvalue weighted by Crippen LogP contribution is -2.37. The molecule has 0 bridgehead atoms. The predicted molar refractivity (Wildman–Crippen MR) is 85.2 cm³/mol. The fourth-order valence-electron chi connectivity index (χ4n) is 1.82. The SMILES string of the molecule is Cc1cc(S(N)(=O)=O)c(C)cc1OCCNC(=O)C(C)(C)C. The molecule has 0 radical (unpaired) electrons. The van der Waals surface area contributed by atoms with Crippen molar-refractivity contribution in [2.45, 2.75) is 39.5 Å². The summed E-state index contributed by atoms with van der Waals surface area (Å²) >= 11 is 0.